The van der Waals surface area contributed by atoms with Crippen molar-refractivity contribution in [2.75, 3.05) is 5.75 Å². The number of thiol groups is 1. The molecule has 0 radical (unpaired) electrons. The molecule has 1 atom stereocenters. The molecule has 4 heteroatoms. The molecule has 0 rings (SSSR count). The van der Waals surface area contributed by atoms with Crippen molar-refractivity contribution in [1.82, 2.24) is 0 Å². The third-order valence-electron chi connectivity index (χ3n) is 0.591. The van der Waals surface area contributed by atoms with E-state index in [-0.39, 0.29) is 0 Å². The maximum absolute atomic E-state index is 9.93. The molecule has 0 aromatic rings. The van der Waals surface area contributed by atoms with E-state index < -0.39 is 12.0 Å². The average Bonchev–Trinajstić information content (AvgIpc) is 1.65. The van der Waals surface area contributed by atoms with Gasteiger partial charge < -0.3 is 10.8 Å². The van der Waals surface area contributed by atoms with Gasteiger partial charge in [-0.25, -0.2) is 0 Å². The molecule has 0 bridgehead atoms. The van der Waals surface area contributed by atoms with E-state index in [2.05, 4.69) is 18.4 Å². The number of quaternary nitrogens is 1. The molecule has 0 aliphatic rings. The zero-order valence-corrected chi connectivity index (χ0v) is 4.74. The Morgan fingerprint density at radius 2 is 2.43 bits per heavy atom. The van der Waals surface area contributed by atoms with Crippen molar-refractivity contribution < 1.29 is 15.6 Å². The summed E-state index contributed by atoms with van der Waals surface area (Å²) in [6.45, 7) is 0. The molecule has 5 N–H and O–H groups in total. The lowest BCUT2D eigenvalue weighted by molar-refractivity contribution is -0.400. The predicted molar refractivity (Wildman–Crippen MR) is 29.1 cm³/mol. The monoisotopic (exact) mass is 123 g/mol. The van der Waals surface area contributed by atoms with E-state index in [4.69, 9.17) is 5.11 Å². The summed E-state index contributed by atoms with van der Waals surface area (Å²) in [4.78, 5) is 9.93. The van der Waals surface area contributed by atoms with Gasteiger partial charge in [-0.2, -0.15) is 12.6 Å². The van der Waals surface area contributed by atoms with Crippen LogP contribution >= 0.6 is 12.6 Å². The van der Waals surface area contributed by atoms with E-state index in [1.54, 1.807) is 0 Å². The zero-order chi connectivity index (χ0) is 5.86. The molecule has 7 heavy (non-hydrogen) atoms. The van der Waals surface area contributed by atoms with Crippen molar-refractivity contribution in [1.29, 1.82) is 0 Å². The Bertz CT molecular complexity index is 75.3. The lowest BCUT2D eigenvalue weighted by Crippen LogP contribution is -2.66. The molecule has 0 aliphatic carbocycles. The lowest BCUT2D eigenvalue weighted by Gasteiger charge is -1.86. The molecule has 3 nitrogen and oxygen atoms in total. The average molecular weight is 123 g/mol. The molecule has 42 valence electrons. The van der Waals surface area contributed by atoms with Crippen LogP contribution in [0.25, 0.3) is 0 Å². The van der Waals surface area contributed by atoms with Crippen LogP contribution in [0.2, 0.25) is 0 Å². The van der Waals surface area contributed by atoms with Gasteiger partial charge in [0.15, 0.2) is 0 Å². The third kappa shape index (κ3) is 2.47. The van der Waals surface area contributed by atoms with Crippen molar-refractivity contribution in [2.45, 2.75) is 6.04 Å². The van der Waals surface area contributed by atoms with Gasteiger partial charge in [-0.15, -0.1) is 0 Å². The summed E-state index contributed by atoms with van der Waals surface area (Å²) in [5.74, 6) is -0.280. The van der Waals surface area contributed by atoms with Crippen LogP contribution in [0.5, 0.6) is 0 Å². The second-order valence-electron chi connectivity index (χ2n) is 1.24. The van der Waals surface area contributed by atoms with Crippen molar-refractivity contribution in [3.05, 3.63) is 0 Å². The van der Waals surface area contributed by atoms with Gasteiger partial charge in [0.05, 0.1) is 5.75 Å². The Balaban J connectivity index is 3.34. The molecule has 0 aromatic carbocycles. The second-order valence-corrected chi connectivity index (χ2v) is 1.61. The van der Waals surface area contributed by atoms with Gasteiger partial charge in [-0.1, -0.05) is 0 Å². The molecule has 0 fully saturated rings. The fraction of sp³-hybridized carbons (Fsp3) is 0.667. The van der Waals surface area contributed by atoms with Gasteiger partial charge in [0.1, 0.15) is 0 Å². The molecule has 0 heterocycles. The standard InChI is InChI=1S/C3H7NO2S/c4-2(1-7)3(5)6/h2,7H,1,4H2,(H,5,6)/p+2/t2-/m0/s1. The van der Waals surface area contributed by atoms with Crippen LogP contribution in [0.3, 0.4) is 0 Å². The number of hydrogen-bond donors (Lipinski definition) is 2. The van der Waals surface area contributed by atoms with E-state index >= 15 is 0 Å². The first kappa shape index (κ1) is 6.78. The minimum absolute atomic E-state index is 0.363. The van der Waals surface area contributed by atoms with Crippen molar-refractivity contribution in [3.8, 4) is 0 Å². The highest BCUT2D eigenvalue weighted by atomic mass is 32.1. The normalized spacial score (nSPS) is 13.4. The molecular weight excluding hydrogens is 114 g/mol. The highest BCUT2D eigenvalue weighted by Crippen LogP contribution is 1.77. The fourth-order valence-corrected chi connectivity index (χ4v) is 0.249. The number of carbonyl (C=O) groups excluding carboxylic acids is 1. The van der Waals surface area contributed by atoms with Crippen LogP contribution in [0.15, 0.2) is 0 Å². The molecule has 0 aliphatic heterocycles. The third-order valence-corrected chi connectivity index (χ3v) is 1.03. The topological polar surface area (TPSA) is 67.6 Å². The van der Waals surface area contributed by atoms with Crippen LogP contribution in [0.4, 0.5) is 0 Å². The highest BCUT2D eigenvalue weighted by molar-refractivity contribution is 7.80. The first-order chi connectivity index (χ1) is 3.18. The molecule has 0 amide bonds. The van der Waals surface area contributed by atoms with E-state index in [1.807, 2.05) is 0 Å². The van der Waals surface area contributed by atoms with Crippen LogP contribution in [-0.2, 0) is 4.79 Å². The van der Waals surface area contributed by atoms with Gasteiger partial charge in [-0.3, -0.25) is 0 Å². The van der Waals surface area contributed by atoms with Gasteiger partial charge in [0.25, 0.3) is 6.04 Å². The Kier molecular flexibility index (Phi) is 2.78. The van der Waals surface area contributed by atoms with Gasteiger partial charge >= 0.3 is 5.97 Å². The molecular formula is C3H9NO2S+2. The Morgan fingerprint density at radius 3 is 2.43 bits per heavy atom. The van der Waals surface area contributed by atoms with Gasteiger partial charge in [-0.05, 0) is 0 Å². The molecule has 0 spiro atoms. The maximum atomic E-state index is 9.93. The van der Waals surface area contributed by atoms with Crippen molar-refractivity contribution >= 4 is 18.6 Å². The number of carbonyl (C=O) groups is 1. The molecule has 0 aromatic heterocycles. The van der Waals surface area contributed by atoms with Crippen LogP contribution < -0.4 is 5.73 Å². The highest BCUT2D eigenvalue weighted by Gasteiger charge is 2.20. The minimum Gasteiger partial charge on any atom is -0.560 e. The summed E-state index contributed by atoms with van der Waals surface area (Å²) in [5, 5.41) is 6.43. The Morgan fingerprint density at radius 1 is 2.00 bits per heavy atom. The molecule has 0 unspecified atom stereocenters. The van der Waals surface area contributed by atoms with Crippen molar-refractivity contribution in [3.63, 3.8) is 0 Å². The van der Waals surface area contributed by atoms with E-state index in [1.165, 1.54) is 0 Å². The van der Waals surface area contributed by atoms with Gasteiger partial charge in [0, 0.05) is 4.79 Å². The minimum atomic E-state index is -0.644. The second kappa shape index (κ2) is 2.87. The quantitative estimate of drug-likeness (QED) is 0.317. The van der Waals surface area contributed by atoms with Crippen molar-refractivity contribution in [2.24, 2.45) is 0 Å². The largest absolute Gasteiger partial charge is 0.575 e. The fourth-order valence-electron chi connectivity index (χ4n) is 0.0829. The molecule has 0 saturated heterocycles. The van der Waals surface area contributed by atoms with Crippen LogP contribution in [0.1, 0.15) is 0 Å². The summed E-state index contributed by atoms with van der Waals surface area (Å²) >= 11 is 3.75. The van der Waals surface area contributed by atoms with E-state index in [9.17, 15) is 4.79 Å². The van der Waals surface area contributed by atoms with Crippen LogP contribution in [0, 0.1) is 0 Å². The SMILES string of the molecule is [NH3+][C@@H](CS)C(=O)[OH2+]. The summed E-state index contributed by atoms with van der Waals surface area (Å²) in [7, 11) is 0. The first-order valence-corrected chi connectivity index (χ1v) is 2.51. The summed E-state index contributed by atoms with van der Waals surface area (Å²) in [6, 6.07) is -0.455. The zero-order valence-electron chi connectivity index (χ0n) is 3.85. The predicted octanol–water partition coefficient (Wildman–Crippen LogP) is -2.22. The number of hydrogen-bond acceptors (Lipinski definition) is 2. The van der Waals surface area contributed by atoms with Crippen LogP contribution in [-0.4, -0.2) is 22.9 Å². The first-order valence-electron chi connectivity index (χ1n) is 1.88. The summed E-state index contributed by atoms with van der Waals surface area (Å²) < 4.78 is 0. The van der Waals surface area contributed by atoms with E-state index in [0.29, 0.717) is 5.75 Å². The lowest BCUT2D eigenvalue weighted by atomic mass is 10.4. The molecule has 0 saturated carbocycles. The van der Waals surface area contributed by atoms with Gasteiger partial charge in [0.2, 0.25) is 0 Å². The smallest absolute Gasteiger partial charge is 0.560 e. The maximum Gasteiger partial charge on any atom is 0.575 e. The Labute approximate surface area is 46.9 Å². The summed E-state index contributed by atoms with van der Waals surface area (Å²) in [6.07, 6.45) is 0. The Hall–Kier alpha value is -0.220. The summed E-state index contributed by atoms with van der Waals surface area (Å²) in [5.41, 5.74) is 3.34. The number of rotatable bonds is 2. The van der Waals surface area contributed by atoms with E-state index in [0.717, 1.165) is 0 Å².